The Hall–Kier alpha value is -1.92. The highest BCUT2D eigenvalue weighted by Crippen LogP contribution is 2.17. The van der Waals surface area contributed by atoms with Crippen molar-refractivity contribution in [1.82, 2.24) is 5.32 Å². The fraction of sp³-hybridized carbons (Fsp3) is 0.871. The van der Waals surface area contributed by atoms with E-state index in [1.165, 1.54) is 238 Å². The lowest BCUT2D eigenvalue weighted by Crippen LogP contribution is -2.45. The fourth-order valence-electron chi connectivity index (χ4n) is 9.20. The minimum absolute atomic E-state index is 0.0137. The lowest BCUT2D eigenvalue weighted by Gasteiger charge is -2.20. The van der Waals surface area contributed by atoms with Gasteiger partial charge in [0, 0.05) is 12.8 Å². The van der Waals surface area contributed by atoms with Gasteiger partial charge in [-0.25, -0.2) is 0 Å². The van der Waals surface area contributed by atoms with Crippen LogP contribution in [0, 0.1) is 0 Å². The molecule has 0 fully saturated rings. The van der Waals surface area contributed by atoms with E-state index in [0.29, 0.717) is 19.4 Å². The van der Waals surface area contributed by atoms with Crippen molar-refractivity contribution in [1.29, 1.82) is 0 Å². The van der Waals surface area contributed by atoms with E-state index in [9.17, 15) is 19.8 Å². The van der Waals surface area contributed by atoms with Crippen LogP contribution in [0.3, 0.4) is 0 Å². The maximum absolute atomic E-state index is 12.5. The second-order valence-electron chi connectivity index (χ2n) is 20.7. The average Bonchev–Trinajstić information content (AvgIpc) is 3.34. The van der Waals surface area contributed by atoms with E-state index in [-0.39, 0.29) is 18.5 Å². The summed E-state index contributed by atoms with van der Waals surface area (Å²) in [5.41, 5.74) is 0. The third-order valence-electron chi connectivity index (χ3n) is 13.9. The van der Waals surface area contributed by atoms with Crippen molar-refractivity contribution in [3.05, 3.63) is 36.5 Å². The molecule has 0 spiro atoms. The van der Waals surface area contributed by atoms with Crippen molar-refractivity contribution >= 4 is 11.9 Å². The van der Waals surface area contributed by atoms with Crippen LogP contribution in [0.5, 0.6) is 0 Å². The zero-order valence-corrected chi connectivity index (χ0v) is 45.6. The van der Waals surface area contributed by atoms with E-state index in [0.717, 1.165) is 57.8 Å². The second kappa shape index (κ2) is 57.7. The molecule has 3 N–H and O–H groups in total. The Labute approximate surface area is 424 Å². The standard InChI is InChI=1S/C62H117NO5/c1-3-5-7-9-11-13-15-16-17-18-19-20-21-22-23-25-28-31-35-38-42-46-50-54-60(65)59(58-64)63-61(66)55-51-47-43-39-36-32-29-26-24-27-30-33-37-41-45-49-53-57-68-62(67)56-52-48-44-40-34-14-12-10-8-6-4-2/h10,12,24,27,50,54,59-60,64-65H,3-9,11,13-23,25-26,28-49,51-53,55-58H2,1-2H3,(H,63,66)/b12-10-,27-24-,54-50+. The molecule has 6 nitrogen and oxygen atoms in total. The van der Waals surface area contributed by atoms with Gasteiger partial charge < -0.3 is 20.3 Å². The Kier molecular flexibility index (Phi) is 56.0. The lowest BCUT2D eigenvalue weighted by molar-refractivity contribution is -0.143. The zero-order chi connectivity index (χ0) is 49.3. The Balaban J connectivity index is 3.50. The van der Waals surface area contributed by atoms with E-state index in [2.05, 4.69) is 43.5 Å². The summed E-state index contributed by atoms with van der Waals surface area (Å²) in [6.45, 7) is 4.86. The van der Waals surface area contributed by atoms with Crippen LogP contribution < -0.4 is 5.32 Å². The maximum atomic E-state index is 12.5. The van der Waals surface area contributed by atoms with Gasteiger partial charge >= 0.3 is 5.97 Å². The van der Waals surface area contributed by atoms with Gasteiger partial charge in [-0.3, -0.25) is 9.59 Å². The number of unbranched alkanes of at least 4 members (excludes halogenated alkanes) is 41. The highest BCUT2D eigenvalue weighted by atomic mass is 16.5. The number of carbonyl (C=O) groups is 2. The Morgan fingerprint density at radius 2 is 0.706 bits per heavy atom. The lowest BCUT2D eigenvalue weighted by atomic mass is 10.0. The van der Waals surface area contributed by atoms with E-state index < -0.39 is 12.1 Å². The predicted octanol–water partition coefficient (Wildman–Crippen LogP) is 18.8. The van der Waals surface area contributed by atoms with Gasteiger partial charge in [-0.1, -0.05) is 269 Å². The summed E-state index contributed by atoms with van der Waals surface area (Å²) >= 11 is 0. The van der Waals surface area contributed by atoms with Gasteiger partial charge in [-0.15, -0.1) is 0 Å². The zero-order valence-electron chi connectivity index (χ0n) is 45.6. The number of rotatable bonds is 56. The van der Waals surface area contributed by atoms with Crippen LogP contribution in [0.4, 0.5) is 0 Å². The summed E-state index contributed by atoms with van der Waals surface area (Å²) in [7, 11) is 0. The summed E-state index contributed by atoms with van der Waals surface area (Å²) < 4.78 is 5.44. The molecule has 400 valence electrons. The first-order valence-corrected chi connectivity index (χ1v) is 30.3. The quantitative estimate of drug-likeness (QED) is 0.0321. The van der Waals surface area contributed by atoms with Crippen molar-refractivity contribution in [2.75, 3.05) is 13.2 Å². The smallest absolute Gasteiger partial charge is 0.305 e. The van der Waals surface area contributed by atoms with Gasteiger partial charge in [0.25, 0.3) is 0 Å². The van der Waals surface area contributed by atoms with Gasteiger partial charge in [0.05, 0.1) is 25.4 Å². The van der Waals surface area contributed by atoms with Crippen LogP contribution in [0.2, 0.25) is 0 Å². The molecule has 0 aromatic heterocycles. The topological polar surface area (TPSA) is 95.9 Å². The highest BCUT2D eigenvalue weighted by Gasteiger charge is 2.18. The molecule has 2 atom stereocenters. The Morgan fingerprint density at radius 3 is 1.09 bits per heavy atom. The van der Waals surface area contributed by atoms with Crippen LogP contribution in [0.25, 0.3) is 0 Å². The molecule has 0 heterocycles. The first-order valence-electron chi connectivity index (χ1n) is 30.3. The van der Waals surface area contributed by atoms with Crippen molar-refractivity contribution < 1.29 is 24.5 Å². The number of aliphatic hydroxyl groups is 2. The van der Waals surface area contributed by atoms with E-state index in [4.69, 9.17) is 4.74 Å². The largest absolute Gasteiger partial charge is 0.466 e. The molecule has 0 saturated heterocycles. The van der Waals surface area contributed by atoms with Crippen LogP contribution in [-0.2, 0) is 14.3 Å². The molecule has 0 saturated carbocycles. The molecular weight excluding hydrogens is 839 g/mol. The van der Waals surface area contributed by atoms with E-state index in [1.54, 1.807) is 6.08 Å². The van der Waals surface area contributed by atoms with Gasteiger partial charge in [0.1, 0.15) is 0 Å². The molecule has 0 rings (SSSR count). The van der Waals surface area contributed by atoms with E-state index >= 15 is 0 Å². The number of carbonyl (C=O) groups excluding carboxylic acids is 2. The fourth-order valence-corrected chi connectivity index (χ4v) is 9.20. The molecule has 0 aliphatic rings. The first kappa shape index (κ1) is 66.1. The van der Waals surface area contributed by atoms with Crippen molar-refractivity contribution in [3.8, 4) is 0 Å². The Bertz CT molecular complexity index is 1100. The van der Waals surface area contributed by atoms with Gasteiger partial charge in [-0.05, 0) is 77.0 Å². The third kappa shape index (κ3) is 53.4. The number of hydrogen-bond donors (Lipinski definition) is 3. The molecule has 0 aliphatic carbocycles. The van der Waals surface area contributed by atoms with Gasteiger partial charge in [0.2, 0.25) is 5.91 Å². The molecule has 2 unspecified atom stereocenters. The van der Waals surface area contributed by atoms with Crippen molar-refractivity contribution in [3.63, 3.8) is 0 Å². The molecule has 0 aromatic carbocycles. The highest BCUT2D eigenvalue weighted by molar-refractivity contribution is 5.76. The monoisotopic (exact) mass is 956 g/mol. The third-order valence-corrected chi connectivity index (χ3v) is 13.9. The SMILES string of the molecule is CCCC/C=C\CCCCCCCC(=O)OCCCCCCCC/C=C\CCCCCCCCCC(=O)NC(CO)C(O)/C=C/CCCCCCCCCCCCCCCCCCCCCCC. The van der Waals surface area contributed by atoms with Crippen molar-refractivity contribution in [2.24, 2.45) is 0 Å². The van der Waals surface area contributed by atoms with Crippen molar-refractivity contribution in [2.45, 2.75) is 334 Å². The first-order chi connectivity index (χ1) is 33.5. The number of esters is 1. The average molecular weight is 957 g/mol. The predicted molar refractivity (Wildman–Crippen MR) is 296 cm³/mol. The maximum Gasteiger partial charge on any atom is 0.305 e. The number of amides is 1. The number of allylic oxidation sites excluding steroid dienone is 5. The summed E-state index contributed by atoms with van der Waals surface area (Å²) in [5, 5.41) is 23.2. The summed E-state index contributed by atoms with van der Waals surface area (Å²) in [6.07, 6.45) is 71.8. The van der Waals surface area contributed by atoms with E-state index in [1.807, 2.05) is 6.08 Å². The Morgan fingerprint density at radius 1 is 0.397 bits per heavy atom. The van der Waals surface area contributed by atoms with Gasteiger partial charge in [-0.2, -0.15) is 0 Å². The molecule has 68 heavy (non-hydrogen) atoms. The molecule has 0 bridgehead atoms. The van der Waals surface area contributed by atoms with Crippen LogP contribution in [-0.4, -0.2) is 47.4 Å². The molecule has 6 heteroatoms. The molecule has 0 radical (unpaired) electrons. The van der Waals surface area contributed by atoms with Crippen LogP contribution >= 0.6 is 0 Å². The molecular formula is C62H117NO5. The number of ether oxygens (including phenoxy) is 1. The molecule has 1 amide bonds. The molecule has 0 aliphatic heterocycles. The number of hydrogen-bond acceptors (Lipinski definition) is 5. The number of nitrogens with one attached hydrogen (secondary N) is 1. The summed E-state index contributed by atoms with van der Waals surface area (Å²) in [4.78, 5) is 24.5. The van der Waals surface area contributed by atoms with Gasteiger partial charge in [0.15, 0.2) is 0 Å². The minimum Gasteiger partial charge on any atom is -0.466 e. The molecule has 0 aromatic rings. The minimum atomic E-state index is -0.854. The van der Waals surface area contributed by atoms with Crippen LogP contribution in [0.1, 0.15) is 322 Å². The normalized spacial score (nSPS) is 12.8. The summed E-state index contributed by atoms with van der Waals surface area (Å²) in [6, 6.07) is -0.638. The summed E-state index contributed by atoms with van der Waals surface area (Å²) in [5.74, 6) is -0.0916. The van der Waals surface area contributed by atoms with Crippen LogP contribution in [0.15, 0.2) is 36.5 Å². The number of aliphatic hydroxyl groups excluding tert-OH is 2. The second-order valence-corrected chi connectivity index (χ2v) is 20.7.